The van der Waals surface area contributed by atoms with Crippen molar-refractivity contribution in [1.82, 2.24) is 5.16 Å². The second kappa shape index (κ2) is 5.72. The van der Waals surface area contributed by atoms with Crippen molar-refractivity contribution >= 4 is 40.1 Å². The standard InChI is InChI=1S/C14H13N5O5S/c1-5-3-7(17-24-5)18(2)14(23)13-10(20)6(4-25-13)19(16)9-8(15)11(21)12(9)22/h3-4,20H,15-16H2,1-2H3. The average Bonchev–Trinajstić information content (AvgIpc) is 3.19. The normalized spacial score (nSPS) is 11.0. The van der Waals surface area contributed by atoms with Crippen LogP contribution in [0, 0.1) is 6.92 Å². The van der Waals surface area contributed by atoms with Gasteiger partial charge in [-0.05, 0) is 6.92 Å². The Kier molecular flexibility index (Phi) is 3.81. The van der Waals surface area contributed by atoms with Crippen molar-refractivity contribution in [2.45, 2.75) is 6.92 Å². The first-order valence-corrected chi connectivity index (χ1v) is 7.77. The molecule has 11 heteroatoms. The van der Waals surface area contributed by atoms with Gasteiger partial charge in [0, 0.05) is 18.5 Å². The molecule has 0 spiro atoms. The molecule has 0 aliphatic carbocycles. The molecule has 0 atom stereocenters. The lowest BCUT2D eigenvalue weighted by atomic mass is 10.2. The maximum Gasteiger partial charge on any atom is 0.273 e. The van der Waals surface area contributed by atoms with E-state index >= 15 is 0 Å². The number of rotatable bonds is 4. The Morgan fingerprint density at radius 2 is 2.04 bits per heavy atom. The first kappa shape index (κ1) is 16.7. The molecule has 0 radical (unpaired) electrons. The second-order valence-corrected chi connectivity index (χ2v) is 6.13. The van der Waals surface area contributed by atoms with Crippen LogP contribution < -0.4 is 32.3 Å². The van der Waals surface area contributed by atoms with Crippen LogP contribution in [-0.2, 0) is 0 Å². The van der Waals surface area contributed by atoms with Crippen LogP contribution in [0.3, 0.4) is 0 Å². The fourth-order valence-corrected chi connectivity index (χ4v) is 3.10. The number of nitrogen functional groups attached to an aromatic ring is 1. The van der Waals surface area contributed by atoms with E-state index in [4.69, 9.17) is 16.1 Å². The van der Waals surface area contributed by atoms with E-state index < -0.39 is 22.5 Å². The van der Waals surface area contributed by atoms with Gasteiger partial charge in [0.1, 0.15) is 27.7 Å². The number of nitrogens with zero attached hydrogens (tertiary/aromatic N) is 3. The summed E-state index contributed by atoms with van der Waals surface area (Å²) in [6.07, 6.45) is 0. The van der Waals surface area contributed by atoms with E-state index in [-0.39, 0.29) is 27.8 Å². The number of anilines is 4. The van der Waals surface area contributed by atoms with Crippen LogP contribution >= 0.6 is 11.3 Å². The maximum atomic E-state index is 12.5. The molecule has 0 aliphatic rings. The fourth-order valence-electron chi connectivity index (χ4n) is 2.19. The quantitative estimate of drug-likeness (QED) is 0.335. The maximum absolute atomic E-state index is 12.5. The molecule has 2 heterocycles. The van der Waals surface area contributed by atoms with Gasteiger partial charge in [-0.15, -0.1) is 11.3 Å². The van der Waals surface area contributed by atoms with Gasteiger partial charge in [0.05, 0.1) is 0 Å². The number of hydrogen-bond donors (Lipinski definition) is 3. The fraction of sp³-hybridized carbons (Fsp3) is 0.143. The summed E-state index contributed by atoms with van der Waals surface area (Å²) in [5.41, 5.74) is 3.23. The predicted octanol–water partition coefficient (Wildman–Crippen LogP) is 0.217. The van der Waals surface area contributed by atoms with E-state index in [0.29, 0.717) is 5.76 Å². The highest BCUT2D eigenvalue weighted by atomic mass is 32.1. The zero-order chi connectivity index (χ0) is 18.5. The summed E-state index contributed by atoms with van der Waals surface area (Å²) in [4.78, 5) is 36.4. The van der Waals surface area contributed by atoms with Gasteiger partial charge in [-0.25, -0.2) is 5.84 Å². The van der Waals surface area contributed by atoms with Crippen molar-refractivity contribution in [1.29, 1.82) is 0 Å². The summed E-state index contributed by atoms with van der Waals surface area (Å²) in [6, 6.07) is 1.56. The molecule has 1 amide bonds. The Labute approximate surface area is 144 Å². The molecule has 0 saturated heterocycles. The van der Waals surface area contributed by atoms with Gasteiger partial charge in [0.25, 0.3) is 16.8 Å². The Hall–Kier alpha value is -3.18. The third-order valence-electron chi connectivity index (χ3n) is 3.63. The minimum absolute atomic E-state index is 0.0168. The summed E-state index contributed by atoms with van der Waals surface area (Å²) < 4.78 is 4.91. The molecule has 25 heavy (non-hydrogen) atoms. The molecule has 0 fully saturated rings. The van der Waals surface area contributed by atoms with Gasteiger partial charge in [-0.1, -0.05) is 5.16 Å². The lowest BCUT2D eigenvalue weighted by Gasteiger charge is -2.20. The topological polar surface area (TPSA) is 156 Å². The number of carbonyl (C=O) groups excluding carboxylic acids is 1. The molecule has 0 unspecified atom stereocenters. The molecule has 1 aromatic carbocycles. The molecular formula is C14H13N5O5S. The van der Waals surface area contributed by atoms with E-state index in [0.717, 1.165) is 16.3 Å². The van der Waals surface area contributed by atoms with Crippen molar-refractivity contribution in [2.24, 2.45) is 5.84 Å². The van der Waals surface area contributed by atoms with E-state index in [1.54, 1.807) is 13.0 Å². The number of carbonyl (C=O) groups is 1. The molecular weight excluding hydrogens is 350 g/mol. The molecule has 0 saturated carbocycles. The van der Waals surface area contributed by atoms with E-state index in [9.17, 15) is 19.5 Å². The van der Waals surface area contributed by atoms with Gasteiger partial charge < -0.3 is 15.4 Å². The Morgan fingerprint density at radius 3 is 2.60 bits per heavy atom. The van der Waals surface area contributed by atoms with Gasteiger partial charge in [0.15, 0.2) is 11.6 Å². The zero-order valence-corrected chi connectivity index (χ0v) is 14.0. The van der Waals surface area contributed by atoms with Gasteiger partial charge >= 0.3 is 0 Å². The van der Waals surface area contributed by atoms with Gasteiger partial charge in [-0.2, -0.15) is 0 Å². The first-order valence-electron chi connectivity index (χ1n) is 6.89. The third-order valence-corrected chi connectivity index (χ3v) is 4.57. The predicted molar refractivity (Wildman–Crippen MR) is 92.1 cm³/mol. The minimum Gasteiger partial charge on any atom is -0.504 e. The molecule has 10 nitrogen and oxygen atoms in total. The number of amides is 1. The molecule has 0 aliphatic heterocycles. The van der Waals surface area contributed by atoms with Crippen LogP contribution in [0.5, 0.6) is 5.75 Å². The van der Waals surface area contributed by atoms with Crippen molar-refractivity contribution < 1.29 is 14.4 Å². The summed E-state index contributed by atoms with van der Waals surface area (Å²) in [7, 11) is 1.47. The van der Waals surface area contributed by atoms with Crippen molar-refractivity contribution in [3.8, 4) is 5.75 Å². The highest BCUT2D eigenvalue weighted by molar-refractivity contribution is 7.13. The zero-order valence-electron chi connectivity index (χ0n) is 13.1. The highest BCUT2D eigenvalue weighted by Gasteiger charge is 2.29. The molecule has 2 aromatic heterocycles. The Bertz CT molecular complexity index is 1040. The largest absolute Gasteiger partial charge is 0.504 e. The number of aryl methyl sites for hydroxylation is 1. The van der Waals surface area contributed by atoms with Gasteiger partial charge in [0.2, 0.25) is 0 Å². The van der Waals surface area contributed by atoms with Crippen molar-refractivity contribution in [2.75, 3.05) is 22.7 Å². The van der Waals surface area contributed by atoms with Crippen LogP contribution in [0.25, 0.3) is 0 Å². The molecule has 130 valence electrons. The SMILES string of the molecule is Cc1cc(N(C)C(=O)c2scc(N(N)c3c(N)c(=O)c3=O)c2O)no1. The average molecular weight is 363 g/mol. The van der Waals surface area contributed by atoms with Crippen LogP contribution in [0.2, 0.25) is 0 Å². The monoisotopic (exact) mass is 363 g/mol. The minimum atomic E-state index is -0.853. The summed E-state index contributed by atoms with van der Waals surface area (Å²) in [6.45, 7) is 1.68. The first-order chi connectivity index (χ1) is 11.7. The lowest BCUT2D eigenvalue weighted by Crippen LogP contribution is -2.43. The van der Waals surface area contributed by atoms with E-state index in [1.165, 1.54) is 17.3 Å². The Morgan fingerprint density at radius 1 is 1.36 bits per heavy atom. The summed E-state index contributed by atoms with van der Waals surface area (Å²) in [5, 5.41) is 16.2. The number of aromatic hydroxyl groups is 1. The second-order valence-electron chi connectivity index (χ2n) is 5.25. The highest BCUT2D eigenvalue weighted by Crippen LogP contribution is 2.39. The van der Waals surface area contributed by atoms with E-state index in [1.807, 2.05) is 0 Å². The molecule has 3 rings (SSSR count). The number of nitrogens with two attached hydrogens (primary N) is 2. The summed E-state index contributed by atoms with van der Waals surface area (Å²) >= 11 is 0.917. The van der Waals surface area contributed by atoms with Crippen LogP contribution in [0.4, 0.5) is 22.9 Å². The van der Waals surface area contributed by atoms with Crippen LogP contribution in [0.15, 0.2) is 25.6 Å². The van der Waals surface area contributed by atoms with Crippen LogP contribution in [0.1, 0.15) is 15.4 Å². The van der Waals surface area contributed by atoms with Crippen LogP contribution in [-0.4, -0.2) is 23.2 Å². The van der Waals surface area contributed by atoms with E-state index in [2.05, 4.69) is 5.16 Å². The van der Waals surface area contributed by atoms with Crippen molar-refractivity contribution in [3.05, 3.63) is 42.5 Å². The number of hydrogen-bond acceptors (Lipinski definition) is 10. The van der Waals surface area contributed by atoms with Gasteiger partial charge in [-0.3, -0.25) is 24.3 Å². The Balaban J connectivity index is 1.92. The number of hydrazine groups is 1. The summed E-state index contributed by atoms with van der Waals surface area (Å²) in [5.74, 6) is 5.58. The number of aromatic nitrogens is 1. The molecule has 3 aromatic rings. The molecule has 0 bridgehead atoms. The smallest absolute Gasteiger partial charge is 0.273 e. The molecule has 5 N–H and O–H groups in total. The van der Waals surface area contributed by atoms with Crippen molar-refractivity contribution in [3.63, 3.8) is 0 Å². The third kappa shape index (κ3) is 2.45. The number of thiophene rings is 1. The lowest BCUT2D eigenvalue weighted by molar-refractivity contribution is 0.0993.